The summed E-state index contributed by atoms with van der Waals surface area (Å²) >= 11 is 0. The van der Waals surface area contributed by atoms with Crippen LogP contribution in [0, 0.1) is 0 Å². The lowest BCUT2D eigenvalue weighted by Crippen LogP contribution is -2.50. The largest absolute Gasteiger partial charge is 0.365 e. The molecule has 7 heteroatoms. The summed E-state index contributed by atoms with van der Waals surface area (Å²) in [5, 5.41) is 0. The third kappa shape index (κ3) is 5.14. The Morgan fingerprint density at radius 2 is 1.69 bits per heavy atom. The minimum Gasteiger partial charge on any atom is -0.365 e. The topological polar surface area (TPSA) is 75.7 Å². The van der Waals surface area contributed by atoms with Gasteiger partial charge in [-0.25, -0.2) is 13.1 Å². The van der Waals surface area contributed by atoms with Gasteiger partial charge in [-0.2, -0.15) is 0 Å². The molecular weight excluding hydrogens is 352 g/mol. The van der Waals surface area contributed by atoms with Gasteiger partial charge in [0.2, 0.25) is 10.0 Å². The van der Waals surface area contributed by atoms with Gasteiger partial charge >= 0.3 is 0 Å². The van der Waals surface area contributed by atoms with Crippen molar-refractivity contribution in [1.82, 2.24) is 4.72 Å². The van der Waals surface area contributed by atoms with Crippen LogP contribution in [0.4, 0.5) is 5.69 Å². The molecule has 1 amide bonds. The van der Waals surface area contributed by atoms with Crippen LogP contribution < -0.4 is 9.62 Å². The number of carbonyl (C=O) groups is 1. The van der Waals surface area contributed by atoms with E-state index >= 15 is 0 Å². The molecule has 0 radical (unpaired) electrons. The summed E-state index contributed by atoms with van der Waals surface area (Å²) in [6.07, 6.45) is 0.0791. The summed E-state index contributed by atoms with van der Waals surface area (Å²) in [5.41, 5.74) is 1.77. The summed E-state index contributed by atoms with van der Waals surface area (Å²) in [6.45, 7) is 0.420. The van der Waals surface area contributed by atoms with Crippen molar-refractivity contribution in [3.05, 3.63) is 66.2 Å². The first-order valence-electron chi connectivity index (χ1n) is 8.52. The fourth-order valence-electron chi connectivity index (χ4n) is 2.80. The summed E-state index contributed by atoms with van der Waals surface area (Å²) < 4.78 is 32.5. The second-order valence-corrected chi connectivity index (χ2v) is 8.10. The van der Waals surface area contributed by atoms with Crippen LogP contribution in [0.1, 0.15) is 5.56 Å². The number of anilines is 1. The molecular formula is C19H22N2O4S. The molecule has 3 rings (SSSR count). The molecule has 1 saturated heterocycles. The van der Waals surface area contributed by atoms with Gasteiger partial charge in [0.15, 0.2) is 0 Å². The van der Waals surface area contributed by atoms with Gasteiger partial charge in [0, 0.05) is 12.2 Å². The Morgan fingerprint density at radius 1 is 1.04 bits per heavy atom. The van der Waals surface area contributed by atoms with E-state index in [2.05, 4.69) is 4.72 Å². The Bertz CT molecular complexity index is 825. The molecule has 1 aliphatic heterocycles. The van der Waals surface area contributed by atoms with E-state index in [9.17, 15) is 13.2 Å². The number of para-hydroxylation sites is 1. The third-order valence-electron chi connectivity index (χ3n) is 4.23. The van der Waals surface area contributed by atoms with Gasteiger partial charge in [-0.1, -0.05) is 48.5 Å². The van der Waals surface area contributed by atoms with Gasteiger partial charge in [-0.05, 0) is 24.1 Å². The summed E-state index contributed by atoms with van der Waals surface area (Å²) in [4.78, 5) is 13.7. The van der Waals surface area contributed by atoms with Crippen molar-refractivity contribution in [2.75, 3.05) is 30.3 Å². The van der Waals surface area contributed by atoms with E-state index in [4.69, 9.17) is 4.74 Å². The van der Waals surface area contributed by atoms with Gasteiger partial charge in [-0.15, -0.1) is 0 Å². The monoisotopic (exact) mass is 374 g/mol. The van der Waals surface area contributed by atoms with Crippen molar-refractivity contribution in [2.45, 2.75) is 12.5 Å². The zero-order valence-corrected chi connectivity index (χ0v) is 15.2. The number of amides is 1. The Hall–Kier alpha value is -2.22. The molecule has 138 valence electrons. The maximum atomic E-state index is 12.2. The van der Waals surface area contributed by atoms with Crippen LogP contribution in [0.25, 0.3) is 0 Å². The number of rotatable bonds is 7. The number of nitrogens with one attached hydrogen (secondary N) is 1. The van der Waals surface area contributed by atoms with Crippen LogP contribution in [0.3, 0.4) is 0 Å². The summed E-state index contributed by atoms with van der Waals surface area (Å²) in [7, 11) is -3.41. The Kier molecular flexibility index (Phi) is 6.03. The molecule has 1 heterocycles. The van der Waals surface area contributed by atoms with Crippen LogP contribution in [0.2, 0.25) is 0 Å². The molecule has 1 fully saturated rings. The number of morpholine rings is 1. The SMILES string of the molecule is O=C1COC(CNS(=O)(=O)CCc2ccccc2)CN1c1ccccc1. The van der Waals surface area contributed by atoms with Crippen molar-refractivity contribution in [2.24, 2.45) is 0 Å². The number of hydrogen-bond donors (Lipinski definition) is 1. The first-order valence-corrected chi connectivity index (χ1v) is 10.2. The highest BCUT2D eigenvalue weighted by molar-refractivity contribution is 7.89. The number of sulfonamides is 1. The fourth-order valence-corrected chi connectivity index (χ4v) is 3.88. The number of nitrogens with zero attached hydrogens (tertiary/aromatic N) is 1. The van der Waals surface area contributed by atoms with E-state index in [1.54, 1.807) is 4.90 Å². The van der Waals surface area contributed by atoms with Crippen molar-refractivity contribution in [3.8, 4) is 0 Å². The summed E-state index contributed by atoms with van der Waals surface area (Å²) in [5.74, 6) is -0.107. The highest BCUT2D eigenvalue weighted by Crippen LogP contribution is 2.18. The molecule has 0 spiro atoms. The molecule has 0 bridgehead atoms. The van der Waals surface area contributed by atoms with Crippen molar-refractivity contribution < 1.29 is 17.9 Å². The molecule has 6 nitrogen and oxygen atoms in total. The molecule has 26 heavy (non-hydrogen) atoms. The fraction of sp³-hybridized carbons (Fsp3) is 0.316. The average Bonchev–Trinajstić information content (AvgIpc) is 2.67. The predicted molar refractivity (Wildman–Crippen MR) is 100 cm³/mol. The lowest BCUT2D eigenvalue weighted by atomic mass is 10.2. The predicted octanol–water partition coefficient (Wildman–Crippen LogP) is 1.58. The third-order valence-corrected chi connectivity index (χ3v) is 5.58. The summed E-state index contributed by atoms with van der Waals surface area (Å²) in [6, 6.07) is 18.8. The first kappa shape index (κ1) is 18.6. The zero-order chi connectivity index (χ0) is 18.4. The lowest BCUT2D eigenvalue weighted by molar-refractivity contribution is -0.129. The van der Waals surface area contributed by atoms with Gasteiger partial charge in [0.05, 0.1) is 18.4 Å². The normalized spacial score (nSPS) is 18.1. The lowest BCUT2D eigenvalue weighted by Gasteiger charge is -2.32. The van der Waals surface area contributed by atoms with Crippen molar-refractivity contribution >= 4 is 21.6 Å². The maximum absolute atomic E-state index is 12.2. The quantitative estimate of drug-likeness (QED) is 0.798. The van der Waals surface area contributed by atoms with Crippen LogP contribution in [0.5, 0.6) is 0 Å². The van der Waals surface area contributed by atoms with E-state index in [-0.39, 0.29) is 30.9 Å². The number of aryl methyl sites for hydroxylation is 1. The van der Waals surface area contributed by atoms with E-state index in [0.29, 0.717) is 13.0 Å². The minimum atomic E-state index is -3.41. The first-order chi connectivity index (χ1) is 12.5. The van der Waals surface area contributed by atoms with Gasteiger partial charge < -0.3 is 9.64 Å². The van der Waals surface area contributed by atoms with Crippen molar-refractivity contribution in [1.29, 1.82) is 0 Å². The smallest absolute Gasteiger partial charge is 0.253 e. The van der Waals surface area contributed by atoms with E-state index in [1.807, 2.05) is 60.7 Å². The van der Waals surface area contributed by atoms with Gasteiger partial charge in [-0.3, -0.25) is 4.79 Å². The van der Waals surface area contributed by atoms with E-state index in [1.165, 1.54) is 0 Å². The molecule has 1 N–H and O–H groups in total. The molecule has 0 saturated carbocycles. The molecule has 2 aromatic carbocycles. The highest BCUT2D eigenvalue weighted by Gasteiger charge is 2.28. The Morgan fingerprint density at radius 3 is 2.38 bits per heavy atom. The number of benzene rings is 2. The molecule has 1 unspecified atom stereocenters. The van der Waals surface area contributed by atoms with Gasteiger partial charge in [0.25, 0.3) is 5.91 Å². The van der Waals surface area contributed by atoms with Crippen LogP contribution in [0.15, 0.2) is 60.7 Å². The maximum Gasteiger partial charge on any atom is 0.253 e. The molecule has 0 aromatic heterocycles. The minimum absolute atomic E-state index is 0.0189. The average molecular weight is 374 g/mol. The molecule has 0 aliphatic carbocycles. The standard InChI is InChI=1S/C19H22N2O4S/c22-19-15-25-18(14-21(19)17-9-5-2-6-10-17)13-20-26(23,24)12-11-16-7-3-1-4-8-16/h1-10,18,20H,11-15H2. The van der Waals surface area contributed by atoms with Crippen LogP contribution in [-0.2, 0) is 26.0 Å². The molecule has 1 aliphatic rings. The van der Waals surface area contributed by atoms with Gasteiger partial charge in [0.1, 0.15) is 6.61 Å². The van der Waals surface area contributed by atoms with E-state index < -0.39 is 10.0 Å². The number of carbonyl (C=O) groups excluding carboxylic acids is 1. The molecule has 1 atom stereocenters. The highest BCUT2D eigenvalue weighted by atomic mass is 32.2. The Balaban J connectivity index is 1.53. The Labute approximate surface area is 153 Å². The second kappa shape index (κ2) is 8.44. The van der Waals surface area contributed by atoms with Crippen molar-refractivity contribution in [3.63, 3.8) is 0 Å². The number of hydrogen-bond acceptors (Lipinski definition) is 4. The van der Waals surface area contributed by atoms with E-state index in [0.717, 1.165) is 11.3 Å². The number of ether oxygens (including phenoxy) is 1. The zero-order valence-electron chi connectivity index (χ0n) is 14.4. The second-order valence-electron chi connectivity index (χ2n) is 6.18. The van der Waals surface area contributed by atoms with Crippen LogP contribution in [-0.4, -0.2) is 45.9 Å². The van der Waals surface area contributed by atoms with Crippen LogP contribution >= 0.6 is 0 Å². The molecule has 2 aromatic rings.